The van der Waals surface area contributed by atoms with Crippen molar-refractivity contribution in [2.75, 3.05) is 45.6 Å². The lowest BCUT2D eigenvalue weighted by molar-refractivity contribution is -0.141. The number of piperidine rings is 1. The Labute approximate surface area is 190 Å². The molecule has 1 aromatic carbocycles. The number of rotatable bonds is 3. The molecule has 0 saturated carbocycles. The van der Waals surface area contributed by atoms with Crippen LogP contribution in [-0.4, -0.2) is 81.3 Å². The van der Waals surface area contributed by atoms with Gasteiger partial charge in [0.2, 0.25) is 5.91 Å². The number of nitrogens with one attached hydrogen (secondary N) is 1. The third-order valence-corrected chi connectivity index (χ3v) is 7.50. The van der Waals surface area contributed by atoms with E-state index in [1.807, 2.05) is 0 Å². The van der Waals surface area contributed by atoms with Gasteiger partial charge in [0.05, 0.1) is 22.6 Å². The summed E-state index contributed by atoms with van der Waals surface area (Å²) in [5, 5.41) is 2.88. The SMILES string of the molecule is CS(=O)(=O)c1cc(CC2CCN(C(=O)N3CC4(COCC(=O)N4)C3)CC2)cc(C(F)(F)F)c1. The highest BCUT2D eigenvalue weighted by atomic mass is 32.2. The summed E-state index contributed by atoms with van der Waals surface area (Å²) < 4.78 is 68.7. The highest BCUT2D eigenvalue weighted by molar-refractivity contribution is 7.90. The van der Waals surface area contributed by atoms with Gasteiger partial charge >= 0.3 is 12.2 Å². The monoisotopic (exact) mass is 489 g/mol. The molecule has 1 spiro atoms. The van der Waals surface area contributed by atoms with Crippen LogP contribution in [0.3, 0.4) is 0 Å². The summed E-state index contributed by atoms with van der Waals surface area (Å²) in [6.07, 6.45) is -2.22. The number of benzene rings is 1. The highest BCUT2D eigenvalue weighted by Crippen LogP contribution is 2.33. The van der Waals surface area contributed by atoms with Gasteiger partial charge in [-0.2, -0.15) is 13.2 Å². The third kappa shape index (κ3) is 5.26. The van der Waals surface area contributed by atoms with E-state index >= 15 is 0 Å². The van der Waals surface area contributed by atoms with E-state index in [-0.39, 0.29) is 29.4 Å². The average molecular weight is 490 g/mol. The summed E-state index contributed by atoms with van der Waals surface area (Å²) in [4.78, 5) is 27.3. The number of sulfone groups is 1. The second-order valence-corrected chi connectivity index (χ2v) is 11.2. The predicted molar refractivity (Wildman–Crippen MR) is 111 cm³/mol. The molecule has 0 radical (unpaired) electrons. The average Bonchev–Trinajstić information content (AvgIpc) is 2.70. The van der Waals surface area contributed by atoms with Crippen molar-refractivity contribution in [1.82, 2.24) is 15.1 Å². The zero-order valence-electron chi connectivity index (χ0n) is 18.2. The number of carbonyl (C=O) groups is 2. The summed E-state index contributed by atoms with van der Waals surface area (Å²) in [7, 11) is -3.78. The van der Waals surface area contributed by atoms with E-state index in [2.05, 4.69) is 5.32 Å². The predicted octanol–water partition coefficient (Wildman–Crippen LogP) is 1.68. The summed E-state index contributed by atoms with van der Waals surface area (Å²) >= 11 is 0. The second kappa shape index (κ2) is 8.46. The van der Waals surface area contributed by atoms with Crippen molar-refractivity contribution in [3.05, 3.63) is 29.3 Å². The Kier molecular flexibility index (Phi) is 6.10. The van der Waals surface area contributed by atoms with Crippen LogP contribution in [0.1, 0.15) is 24.0 Å². The van der Waals surface area contributed by atoms with Crippen LogP contribution in [0.4, 0.5) is 18.0 Å². The Morgan fingerprint density at radius 3 is 2.42 bits per heavy atom. The van der Waals surface area contributed by atoms with Crippen LogP contribution < -0.4 is 5.32 Å². The lowest BCUT2D eigenvalue weighted by atomic mass is 9.88. The van der Waals surface area contributed by atoms with Gasteiger partial charge in [0.1, 0.15) is 6.61 Å². The first-order valence-electron chi connectivity index (χ1n) is 10.7. The Bertz CT molecular complexity index is 1050. The number of alkyl halides is 3. The van der Waals surface area contributed by atoms with Crippen molar-refractivity contribution in [1.29, 1.82) is 0 Å². The minimum atomic E-state index is -4.64. The van der Waals surface area contributed by atoms with Gasteiger partial charge in [-0.25, -0.2) is 13.2 Å². The van der Waals surface area contributed by atoms with Gasteiger partial charge in [0.15, 0.2) is 9.84 Å². The number of likely N-dealkylation sites (tertiary alicyclic amines) is 2. The molecule has 182 valence electrons. The Morgan fingerprint density at radius 2 is 1.85 bits per heavy atom. The molecule has 3 aliphatic heterocycles. The number of morpholine rings is 1. The standard InChI is InChI=1S/C21H26F3N3O5S/c1-33(30,31)17-8-15(7-16(9-17)21(22,23)24)6-14-2-4-26(5-3-14)19(29)27-11-20(12-27)13-32-10-18(28)25-20/h7-9,14H,2-6,10-13H2,1H3,(H,25,28). The smallest absolute Gasteiger partial charge is 0.369 e. The number of nitrogens with zero attached hydrogens (tertiary/aromatic N) is 2. The second-order valence-electron chi connectivity index (χ2n) is 9.23. The van der Waals surface area contributed by atoms with Gasteiger partial charge in [0.25, 0.3) is 0 Å². The van der Waals surface area contributed by atoms with E-state index in [9.17, 15) is 31.2 Å². The summed E-state index contributed by atoms with van der Waals surface area (Å²) in [6, 6.07) is 2.85. The Hall–Kier alpha value is -2.34. The molecule has 3 fully saturated rings. The fraction of sp³-hybridized carbons (Fsp3) is 0.619. The number of urea groups is 1. The van der Waals surface area contributed by atoms with Crippen molar-refractivity contribution < 1.29 is 35.9 Å². The summed E-state index contributed by atoms with van der Waals surface area (Å²) in [5.74, 6) is -0.151. The van der Waals surface area contributed by atoms with Crippen molar-refractivity contribution in [2.24, 2.45) is 5.92 Å². The van der Waals surface area contributed by atoms with Crippen molar-refractivity contribution in [3.8, 4) is 0 Å². The lowest BCUT2D eigenvalue weighted by Crippen LogP contribution is -2.76. The minimum absolute atomic E-state index is 0.0285. The van der Waals surface area contributed by atoms with Crippen LogP contribution in [0.25, 0.3) is 0 Å². The molecule has 12 heteroatoms. The molecule has 0 aliphatic carbocycles. The number of ether oxygens (including phenoxy) is 1. The lowest BCUT2D eigenvalue weighted by Gasteiger charge is -2.52. The van der Waals surface area contributed by atoms with Crippen molar-refractivity contribution in [2.45, 2.75) is 35.9 Å². The molecular formula is C21H26F3N3O5S. The van der Waals surface area contributed by atoms with Crippen LogP contribution in [0.5, 0.6) is 0 Å². The number of hydrogen-bond donors (Lipinski definition) is 1. The van der Waals surface area contributed by atoms with E-state index in [1.165, 1.54) is 6.07 Å². The van der Waals surface area contributed by atoms with Gasteiger partial charge in [-0.1, -0.05) is 0 Å². The molecule has 1 N–H and O–H groups in total. The Balaban J connectivity index is 1.34. The molecule has 33 heavy (non-hydrogen) atoms. The zero-order valence-corrected chi connectivity index (χ0v) is 19.0. The van der Waals surface area contributed by atoms with E-state index < -0.39 is 27.1 Å². The van der Waals surface area contributed by atoms with E-state index in [0.29, 0.717) is 63.7 Å². The first-order chi connectivity index (χ1) is 15.3. The maximum Gasteiger partial charge on any atom is 0.416 e. The summed E-state index contributed by atoms with van der Waals surface area (Å²) in [5.41, 5.74) is -1.16. The van der Waals surface area contributed by atoms with Crippen LogP contribution in [-0.2, 0) is 32.0 Å². The fourth-order valence-corrected chi connectivity index (χ4v) is 5.42. The van der Waals surface area contributed by atoms with E-state index in [0.717, 1.165) is 12.3 Å². The van der Waals surface area contributed by atoms with E-state index in [4.69, 9.17) is 4.74 Å². The molecule has 0 bridgehead atoms. The van der Waals surface area contributed by atoms with Crippen LogP contribution in [0.2, 0.25) is 0 Å². The van der Waals surface area contributed by atoms with Crippen molar-refractivity contribution >= 4 is 21.8 Å². The fourth-order valence-electron chi connectivity index (χ4n) is 4.72. The molecule has 3 aliphatic rings. The molecule has 0 aromatic heterocycles. The first kappa shape index (κ1) is 23.8. The Morgan fingerprint density at radius 1 is 1.18 bits per heavy atom. The number of hydrogen-bond acceptors (Lipinski definition) is 5. The normalized spacial score (nSPS) is 21.6. The zero-order chi connectivity index (χ0) is 24.0. The number of halogens is 3. The maximum absolute atomic E-state index is 13.2. The van der Waals surface area contributed by atoms with Gasteiger partial charge in [-0.3, -0.25) is 4.79 Å². The molecule has 4 rings (SSSR count). The molecular weight excluding hydrogens is 463 g/mol. The number of amides is 3. The topological polar surface area (TPSA) is 96.0 Å². The third-order valence-electron chi connectivity index (χ3n) is 6.40. The van der Waals surface area contributed by atoms with Crippen molar-refractivity contribution in [3.63, 3.8) is 0 Å². The van der Waals surface area contributed by atoms with Crippen LogP contribution in [0, 0.1) is 5.92 Å². The summed E-state index contributed by atoms with van der Waals surface area (Å²) in [6.45, 7) is 2.10. The van der Waals surface area contributed by atoms with Gasteiger partial charge in [0, 0.05) is 32.4 Å². The van der Waals surface area contributed by atoms with Crippen LogP contribution in [0.15, 0.2) is 23.1 Å². The van der Waals surface area contributed by atoms with Gasteiger partial charge in [-0.05, 0) is 48.9 Å². The quantitative estimate of drug-likeness (QED) is 0.697. The molecule has 0 atom stereocenters. The highest BCUT2D eigenvalue weighted by Gasteiger charge is 2.49. The first-order valence-corrected chi connectivity index (χ1v) is 12.6. The molecule has 3 amide bonds. The van der Waals surface area contributed by atoms with Gasteiger partial charge in [-0.15, -0.1) is 0 Å². The maximum atomic E-state index is 13.2. The van der Waals surface area contributed by atoms with E-state index in [1.54, 1.807) is 9.80 Å². The van der Waals surface area contributed by atoms with Crippen LogP contribution >= 0.6 is 0 Å². The molecule has 3 heterocycles. The number of carbonyl (C=O) groups excluding carboxylic acids is 2. The minimum Gasteiger partial charge on any atom is -0.369 e. The largest absolute Gasteiger partial charge is 0.416 e. The van der Waals surface area contributed by atoms with Gasteiger partial charge < -0.3 is 19.9 Å². The molecule has 8 nitrogen and oxygen atoms in total. The molecule has 3 saturated heterocycles. The molecule has 0 unspecified atom stereocenters. The molecule has 1 aromatic rings.